The molecule has 1 saturated carbocycles. The molecule has 24 heavy (non-hydrogen) atoms. The molecule has 0 unspecified atom stereocenters. The summed E-state index contributed by atoms with van der Waals surface area (Å²) in [6, 6.07) is 0. The van der Waals surface area contributed by atoms with Gasteiger partial charge in [-0.25, -0.2) is 9.59 Å². The van der Waals surface area contributed by atoms with Crippen LogP contribution in [0.4, 0.5) is 0 Å². The van der Waals surface area contributed by atoms with Crippen LogP contribution in [0.5, 0.6) is 0 Å². The van der Waals surface area contributed by atoms with Crippen LogP contribution < -0.4 is 0 Å². The van der Waals surface area contributed by atoms with Crippen molar-refractivity contribution < 1.29 is 43.2 Å². The average Bonchev–Trinajstić information content (AvgIpc) is 3.24. The van der Waals surface area contributed by atoms with Crippen LogP contribution in [0.1, 0.15) is 13.3 Å². The highest BCUT2D eigenvalue weighted by Crippen LogP contribution is 2.46. The second-order valence-corrected chi connectivity index (χ2v) is 5.29. The zero-order chi connectivity index (χ0) is 18.4. The molecule has 0 spiro atoms. The van der Waals surface area contributed by atoms with E-state index in [1.807, 2.05) is 0 Å². The monoisotopic (exact) mass is 344 g/mol. The van der Waals surface area contributed by atoms with Gasteiger partial charge in [0, 0.05) is 12.8 Å². The maximum Gasteiger partial charge on any atom is 0.417 e. The van der Waals surface area contributed by atoms with Crippen molar-refractivity contribution in [3.05, 3.63) is 12.2 Å². The maximum atomic E-state index is 11.7. The highest BCUT2D eigenvalue weighted by atomic mass is 16.6. The van der Waals surface area contributed by atoms with Crippen molar-refractivity contribution in [1.82, 2.24) is 0 Å². The van der Waals surface area contributed by atoms with E-state index in [0.29, 0.717) is 5.57 Å². The van der Waals surface area contributed by atoms with Crippen molar-refractivity contribution in [2.24, 2.45) is 11.8 Å². The molecule has 9 heteroatoms. The Morgan fingerprint density at radius 3 is 2.25 bits per heavy atom. The summed E-state index contributed by atoms with van der Waals surface area (Å²) < 4.78 is 18.4. The van der Waals surface area contributed by atoms with E-state index in [1.165, 1.54) is 6.92 Å². The standard InChI is InChI=1S/C15H20O9/c1-7(6-23-8(2)16)5-9(17)10-11(13(18)21-3)12(10)24-15(20)14(19)22-4/h9-12,17H,1,5-6H2,2-4H3/t9-,10-,11-,12-/m1/s1. The van der Waals surface area contributed by atoms with Gasteiger partial charge >= 0.3 is 23.9 Å². The van der Waals surface area contributed by atoms with Crippen LogP contribution in [0.2, 0.25) is 0 Å². The van der Waals surface area contributed by atoms with Gasteiger partial charge in [0.05, 0.1) is 20.3 Å². The number of methoxy groups -OCH3 is 2. The number of hydrogen-bond acceptors (Lipinski definition) is 9. The van der Waals surface area contributed by atoms with Gasteiger partial charge in [0.2, 0.25) is 0 Å². The number of carbonyl (C=O) groups excluding carboxylic acids is 4. The highest BCUT2D eigenvalue weighted by Gasteiger charge is 2.62. The third kappa shape index (κ3) is 5.05. The molecule has 0 aromatic rings. The molecule has 1 rings (SSSR count). The van der Waals surface area contributed by atoms with Gasteiger partial charge in [0.25, 0.3) is 0 Å². The molecule has 134 valence electrons. The number of hydrogen-bond donors (Lipinski definition) is 1. The number of esters is 4. The van der Waals surface area contributed by atoms with E-state index >= 15 is 0 Å². The average molecular weight is 344 g/mol. The van der Waals surface area contributed by atoms with Gasteiger partial charge in [0.1, 0.15) is 18.6 Å². The minimum atomic E-state index is -1.26. The Hall–Kier alpha value is -2.42. The Morgan fingerprint density at radius 2 is 1.75 bits per heavy atom. The first-order chi connectivity index (χ1) is 11.2. The normalized spacial score (nSPS) is 22.8. The molecule has 0 aliphatic heterocycles. The second kappa shape index (κ2) is 8.44. The van der Waals surface area contributed by atoms with E-state index in [9.17, 15) is 24.3 Å². The number of aliphatic hydroxyl groups excluding tert-OH is 1. The molecular formula is C15H20O9. The van der Waals surface area contributed by atoms with Crippen LogP contribution >= 0.6 is 0 Å². The second-order valence-electron chi connectivity index (χ2n) is 5.29. The Balaban J connectivity index is 2.66. The van der Waals surface area contributed by atoms with E-state index in [0.717, 1.165) is 14.2 Å². The molecule has 0 heterocycles. The summed E-state index contributed by atoms with van der Waals surface area (Å²) in [5, 5.41) is 10.2. The first kappa shape index (κ1) is 19.6. The summed E-state index contributed by atoms with van der Waals surface area (Å²) in [4.78, 5) is 45.0. The summed E-state index contributed by atoms with van der Waals surface area (Å²) in [6.45, 7) is 4.82. The first-order valence-corrected chi connectivity index (χ1v) is 7.07. The molecule has 1 aliphatic carbocycles. The molecule has 0 saturated heterocycles. The lowest BCUT2D eigenvalue weighted by molar-refractivity contribution is -0.167. The number of aliphatic hydroxyl groups is 1. The third-order valence-corrected chi connectivity index (χ3v) is 3.50. The van der Waals surface area contributed by atoms with Gasteiger partial charge < -0.3 is 24.1 Å². The topological polar surface area (TPSA) is 125 Å². The van der Waals surface area contributed by atoms with Gasteiger partial charge in [-0.3, -0.25) is 9.59 Å². The molecular weight excluding hydrogens is 324 g/mol. The van der Waals surface area contributed by atoms with Crippen LogP contribution in [0.15, 0.2) is 12.2 Å². The molecule has 9 nitrogen and oxygen atoms in total. The molecule has 0 aromatic heterocycles. The maximum absolute atomic E-state index is 11.7. The Labute approximate surface area is 138 Å². The summed E-state index contributed by atoms with van der Waals surface area (Å²) in [5.74, 6) is -5.27. The molecule has 0 bridgehead atoms. The summed E-state index contributed by atoms with van der Waals surface area (Å²) in [6.07, 6.45) is -2.06. The largest absolute Gasteiger partial charge is 0.469 e. The van der Waals surface area contributed by atoms with E-state index in [2.05, 4.69) is 16.1 Å². The van der Waals surface area contributed by atoms with Crippen LogP contribution in [0, 0.1) is 11.8 Å². The third-order valence-electron chi connectivity index (χ3n) is 3.50. The van der Waals surface area contributed by atoms with E-state index in [-0.39, 0.29) is 13.0 Å². The van der Waals surface area contributed by atoms with Crippen molar-refractivity contribution >= 4 is 23.9 Å². The van der Waals surface area contributed by atoms with Crippen molar-refractivity contribution in [1.29, 1.82) is 0 Å². The Bertz CT molecular complexity index is 539. The molecule has 1 N–H and O–H groups in total. The summed E-state index contributed by atoms with van der Waals surface area (Å²) >= 11 is 0. The molecule has 4 atom stereocenters. The SMILES string of the molecule is C=C(COC(C)=O)C[C@@H](O)[C@H]1[C@@H](OC(=O)C(=O)OC)[C@@H]1C(=O)OC. The molecule has 0 amide bonds. The Morgan fingerprint density at radius 1 is 1.12 bits per heavy atom. The molecule has 0 aromatic carbocycles. The van der Waals surface area contributed by atoms with Crippen molar-refractivity contribution in [3.8, 4) is 0 Å². The smallest absolute Gasteiger partial charge is 0.417 e. The fourth-order valence-corrected chi connectivity index (χ4v) is 2.29. The molecule has 1 aliphatic rings. The van der Waals surface area contributed by atoms with Crippen molar-refractivity contribution in [2.75, 3.05) is 20.8 Å². The Kier molecular flexibility index (Phi) is 6.90. The lowest BCUT2D eigenvalue weighted by Gasteiger charge is -2.12. The first-order valence-electron chi connectivity index (χ1n) is 7.07. The molecule has 1 fully saturated rings. The van der Waals surface area contributed by atoms with Gasteiger partial charge in [-0.2, -0.15) is 0 Å². The lowest BCUT2D eigenvalue weighted by atomic mass is 10.1. The zero-order valence-electron chi connectivity index (χ0n) is 13.6. The van der Waals surface area contributed by atoms with Crippen LogP contribution in [0.25, 0.3) is 0 Å². The highest BCUT2D eigenvalue weighted by molar-refractivity contribution is 6.29. The predicted molar refractivity (Wildman–Crippen MR) is 77.3 cm³/mol. The van der Waals surface area contributed by atoms with Gasteiger partial charge in [-0.15, -0.1) is 0 Å². The fourth-order valence-electron chi connectivity index (χ4n) is 2.29. The zero-order valence-corrected chi connectivity index (χ0v) is 13.6. The lowest BCUT2D eigenvalue weighted by Crippen LogP contribution is -2.22. The van der Waals surface area contributed by atoms with Crippen LogP contribution in [-0.4, -0.2) is 62.0 Å². The molecule has 0 radical (unpaired) electrons. The van der Waals surface area contributed by atoms with Crippen molar-refractivity contribution in [2.45, 2.75) is 25.6 Å². The minimum Gasteiger partial charge on any atom is -0.469 e. The predicted octanol–water partition coefficient (Wildman–Crippen LogP) is -0.639. The number of rotatable bonds is 7. The van der Waals surface area contributed by atoms with Crippen LogP contribution in [0.3, 0.4) is 0 Å². The summed E-state index contributed by atoms with van der Waals surface area (Å²) in [5.41, 5.74) is 0.422. The van der Waals surface area contributed by atoms with E-state index in [1.54, 1.807) is 0 Å². The minimum absolute atomic E-state index is 0.0255. The van der Waals surface area contributed by atoms with Gasteiger partial charge in [-0.05, 0) is 12.0 Å². The van der Waals surface area contributed by atoms with Gasteiger partial charge in [0.15, 0.2) is 0 Å². The van der Waals surface area contributed by atoms with Crippen LogP contribution in [-0.2, 0) is 38.1 Å². The summed E-state index contributed by atoms with van der Waals surface area (Å²) in [7, 11) is 2.17. The van der Waals surface area contributed by atoms with Gasteiger partial charge in [-0.1, -0.05) is 6.58 Å². The fraction of sp³-hybridized carbons (Fsp3) is 0.600. The van der Waals surface area contributed by atoms with E-state index < -0.39 is 47.9 Å². The number of ether oxygens (including phenoxy) is 4. The quantitative estimate of drug-likeness (QED) is 0.278. The number of carbonyl (C=O) groups is 4. The van der Waals surface area contributed by atoms with E-state index in [4.69, 9.17) is 9.47 Å². The van der Waals surface area contributed by atoms with Crippen molar-refractivity contribution in [3.63, 3.8) is 0 Å².